The van der Waals surface area contributed by atoms with Gasteiger partial charge < -0.3 is 10.2 Å². The number of carbonyl (C=O) groups excluding carboxylic acids is 1. The van der Waals surface area contributed by atoms with Crippen LogP contribution in [0, 0.1) is 0 Å². The number of anilines is 1. The highest BCUT2D eigenvalue weighted by molar-refractivity contribution is 6.30. The molecular weight excluding hydrogens is 264 g/mol. The maximum Gasteiger partial charge on any atom is 0.242 e. The molecule has 1 aliphatic rings. The molecule has 1 atom stereocenters. The van der Waals surface area contributed by atoms with Crippen molar-refractivity contribution in [1.29, 1.82) is 0 Å². The Kier molecular flexibility index (Phi) is 4.24. The predicted molar refractivity (Wildman–Crippen MR) is 75.6 cm³/mol. The Balaban J connectivity index is 2.45. The van der Waals surface area contributed by atoms with Gasteiger partial charge in [0.15, 0.2) is 0 Å². The van der Waals surface area contributed by atoms with Crippen LogP contribution in [0.3, 0.4) is 0 Å². The second kappa shape index (κ2) is 5.74. The van der Waals surface area contributed by atoms with E-state index >= 15 is 0 Å². The maximum atomic E-state index is 11.9. The lowest BCUT2D eigenvalue weighted by Crippen LogP contribution is -2.55. The van der Waals surface area contributed by atoms with Crippen molar-refractivity contribution in [3.63, 3.8) is 0 Å². The van der Waals surface area contributed by atoms with Gasteiger partial charge in [-0.3, -0.25) is 4.79 Å². The molecule has 1 amide bonds. The fraction of sp³-hybridized carbons (Fsp3) is 0.615. The number of aromatic nitrogens is 2. The van der Waals surface area contributed by atoms with Gasteiger partial charge in [0.05, 0.1) is 0 Å². The molecule has 0 radical (unpaired) electrons. The topological polar surface area (TPSA) is 58.1 Å². The molecule has 1 aromatic rings. The summed E-state index contributed by atoms with van der Waals surface area (Å²) in [7, 11) is 0. The summed E-state index contributed by atoms with van der Waals surface area (Å²) in [5.41, 5.74) is 0.914. The molecule has 1 N–H and O–H groups in total. The van der Waals surface area contributed by atoms with Crippen molar-refractivity contribution in [3.8, 4) is 0 Å². The summed E-state index contributed by atoms with van der Waals surface area (Å²) < 4.78 is 0. The third-order valence-electron chi connectivity index (χ3n) is 3.38. The molecule has 104 valence electrons. The van der Waals surface area contributed by atoms with Crippen LogP contribution in [-0.2, 0) is 4.79 Å². The first kappa shape index (κ1) is 14.1. The number of rotatable bonds is 3. The first-order valence-electron chi connectivity index (χ1n) is 6.61. The molecule has 2 rings (SSSR count). The average molecular weight is 283 g/mol. The number of halogens is 1. The molecule has 0 aromatic carbocycles. The van der Waals surface area contributed by atoms with Crippen molar-refractivity contribution in [2.24, 2.45) is 0 Å². The van der Waals surface area contributed by atoms with Crippen molar-refractivity contribution in [2.75, 3.05) is 18.0 Å². The molecule has 6 heteroatoms. The molecule has 0 bridgehead atoms. The van der Waals surface area contributed by atoms with E-state index in [1.54, 1.807) is 0 Å². The van der Waals surface area contributed by atoms with E-state index < -0.39 is 0 Å². The number of piperazine rings is 1. The predicted octanol–water partition coefficient (Wildman–Crippen LogP) is 1.97. The first-order valence-corrected chi connectivity index (χ1v) is 6.98. The quantitative estimate of drug-likeness (QED) is 0.861. The first-order chi connectivity index (χ1) is 9.06. The molecule has 2 heterocycles. The Labute approximate surface area is 118 Å². The molecule has 1 unspecified atom stereocenters. The van der Waals surface area contributed by atoms with E-state index in [1.165, 1.54) is 6.33 Å². The SMILES string of the molecule is CCC1C(=O)NCCN1c1ncnc(Cl)c1C(C)C. The summed E-state index contributed by atoms with van der Waals surface area (Å²) in [5.74, 6) is 1.06. The Morgan fingerprint density at radius 1 is 1.53 bits per heavy atom. The van der Waals surface area contributed by atoms with E-state index in [0.29, 0.717) is 11.7 Å². The van der Waals surface area contributed by atoms with Crippen LogP contribution >= 0.6 is 11.6 Å². The zero-order valence-electron chi connectivity index (χ0n) is 11.5. The lowest BCUT2D eigenvalue weighted by atomic mass is 10.0. The van der Waals surface area contributed by atoms with Gasteiger partial charge in [-0.15, -0.1) is 0 Å². The van der Waals surface area contributed by atoms with Crippen LogP contribution in [0.4, 0.5) is 5.82 Å². The number of carbonyl (C=O) groups is 1. The Morgan fingerprint density at radius 3 is 2.89 bits per heavy atom. The second-order valence-corrected chi connectivity index (χ2v) is 5.32. The molecule has 0 aliphatic carbocycles. The van der Waals surface area contributed by atoms with Gasteiger partial charge in [-0.2, -0.15) is 0 Å². The van der Waals surface area contributed by atoms with E-state index in [-0.39, 0.29) is 17.9 Å². The number of hydrogen-bond acceptors (Lipinski definition) is 4. The summed E-state index contributed by atoms with van der Waals surface area (Å²) in [5, 5.41) is 3.36. The van der Waals surface area contributed by atoms with Gasteiger partial charge in [0.25, 0.3) is 0 Å². The summed E-state index contributed by atoms with van der Waals surface area (Å²) >= 11 is 6.19. The molecule has 1 aromatic heterocycles. The van der Waals surface area contributed by atoms with Gasteiger partial charge in [0.2, 0.25) is 5.91 Å². The molecule has 1 saturated heterocycles. The van der Waals surface area contributed by atoms with E-state index in [2.05, 4.69) is 29.1 Å². The lowest BCUT2D eigenvalue weighted by molar-refractivity contribution is -0.123. The smallest absolute Gasteiger partial charge is 0.242 e. The van der Waals surface area contributed by atoms with Crippen LogP contribution in [0.25, 0.3) is 0 Å². The normalized spacial score (nSPS) is 19.7. The number of nitrogens with zero attached hydrogens (tertiary/aromatic N) is 3. The Hall–Kier alpha value is -1.36. The van der Waals surface area contributed by atoms with Crippen LogP contribution < -0.4 is 10.2 Å². The van der Waals surface area contributed by atoms with Gasteiger partial charge in [0, 0.05) is 18.7 Å². The second-order valence-electron chi connectivity index (χ2n) is 4.96. The van der Waals surface area contributed by atoms with Gasteiger partial charge in [-0.05, 0) is 12.3 Å². The molecule has 1 fully saturated rings. The Bertz CT molecular complexity index is 478. The summed E-state index contributed by atoms with van der Waals surface area (Å²) in [4.78, 5) is 22.4. The molecule has 5 nitrogen and oxygen atoms in total. The van der Waals surface area contributed by atoms with Crippen LogP contribution in [0.2, 0.25) is 5.15 Å². The standard InChI is InChI=1S/C13H19ClN4O/c1-4-9-13(19)15-5-6-18(9)12-10(8(2)3)11(14)16-7-17-12/h7-9H,4-6H2,1-3H3,(H,15,19). The fourth-order valence-corrected chi connectivity index (χ4v) is 2.81. The zero-order chi connectivity index (χ0) is 14.0. The van der Waals surface area contributed by atoms with Crippen LogP contribution in [0.5, 0.6) is 0 Å². The minimum absolute atomic E-state index is 0.0539. The van der Waals surface area contributed by atoms with Crippen LogP contribution in [0.15, 0.2) is 6.33 Å². The monoisotopic (exact) mass is 282 g/mol. The maximum absolute atomic E-state index is 11.9. The summed E-state index contributed by atoms with van der Waals surface area (Å²) in [6.07, 6.45) is 2.20. The van der Waals surface area contributed by atoms with Crippen LogP contribution in [-0.4, -0.2) is 35.0 Å². The summed E-state index contributed by atoms with van der Waals surface area (Å²) in [6.45, 7) is 7.49. The van der Waals surface area contributed by atoms with E-state index in [0.717, 1.165) is 24.3 Å². The van der Waals surface area contributed by atoms with E-state index in [4.69, 9.17) is 11.6 Å². The highest BCUT2D eigenvalue weighted by atomic mass is 35.5. The molecule has 1 aliphatic heterocycles. The number of hydrogen-bond donors (Lipinski definition) is 1. The number of amides is 1. The van der Waals surface area contributed by atoms with Crippen molar-refractivity contribution >= 4 is 23.3 Å². The van der Waals surface area contributed by atoms with Crippen molar-refractivity contribution in [2.45, 2.75) is 39.2 Å². The molecule has 0 spiro atoms. The van der Waals surface area contributed by atoms with Gasteiger partial charge in [-0.1, -0.05) is 32.4 Å². The van der Waals surface area contributed by atoms with Gasteiger partial charge in [-0.25, -0.2) is 9.97 Å². The highest BCUT2D eigenvalue weighted by Crippen LogP contribution is 2.32. The van der Waals surface area contributed by atoms with Crippen molar-refractivity contribution in [1.82, 2.24) is 15.3 Å². The fourth-order valence-electron chi connectivity index (χ4n) is 2.46. The minimum Gasteiger partial charge on any atom is -0.353 e. The molecule has 19 heavy (non-hydrogen) atoms. The largest absolute Gasteiger partial charge is 0.353 e. The Morgan fingerprint density at radius 2 is 2.26 bits per heavy atom. The molecule has 0 saturated carbocycles. The van der Waals surface area contributed by atoms with E-state index in [9.17, 15) is 4.79 Å². The van der Waals surface area contributed by atoms with Crippen molar-refractivity contribution < 1.29 is 4.79 Å². The lowest BCUT2D eigenvalue weighted by Gasteiger charge is -2.36. The third-order valence-corrected chi connectivity index (χ3v) is 3.68. The van der Waals surface area contributed by atoms with E-state index in [1.807, 2.05) is 11.8 Å². The summed E-state index contributed by atoms with van der Waals surface area (Å²) in [6, 6.07) is -0.183. The van der Waals surface area contributed by atoms with Crippen LogP contribution in [0.1, 0.15) is 38.7 Å². The third kappa shape index (κ3) is 2.66. The van der Waals surface area contributed by atoms with Gasteiger partial charge in [0.1, 0.15) is 23.3 Å². The highest BCUT2D eigenvalue weighted by Gasteiger charge is 2.31. The van der Waals surface area contributed by atoms with Gasteiger partial charge >= 0.3 is 0 Å². The number of nitrogens with one attached hydrogen (secondary N) is 1. The molecular formula is C13H19ClN4O. The minimum atomic E-state index is -0.183. The average Bonchev–Trinajstić information content (AvgIpc) is 2.37. The zero-order valence-corrected chi connectivity index (χ0v) is 12.2. The van der Waals surface area contributed by atoms with Crippen molar-refractivity contribution in [3.05, 3.63) is 17.0 Å².